The van der Waals surface area contributed by atoms with Gasteiger partial charge in [0.1, 0.15) is 4.83 Å². The summed E-state index contributed by atoms with van der Waals surface area (Å²) >= 11 is 1.56. The first-order valence-corrected chi connectivity index (χ1v) is 14.4. The topological polar surface area (TPSA) is 111 Å². The second kappa shape index (κ2) is 12.2. The number of carbonyl (C=O) groups excluding carboxylic acids is 1. The molecule has 1 fully saturated rings. The zero-order valence-corrected chi connectivity index (χ0v) is 23.2. The Morgan fingerprint density at radius 3 is 2.39 bits per heavy atom. The van der Waals surface area contributed by atoms with Gasteiger partial charge in [0.2, 0.25) is 11.7 Å². The van der Waals surface area contributed by atoms with Crippen molar-refractivity contribution in [1.29, 1.82) is 0 Å². The van der Waals surface area contributed by atoms with E-state index in [0.29, 0.717) is 11.4 Å². The van der Waals surface area contributed by atoms with Gasteiger partial charge in [-0.2, -0.15) is 8.42 Å². The van der Waals surface area contributed by atoms with Crippen molar-refractivity contribution in [2.45, 2.75) is 25.3 Å². The van der Waals surface area contributed by atoms with E-state index in [4.69, 9.17) is 14.0 Å². The summed E-state index contributed by atoms with van der Waals surface area (Å²) in [6.07, 6.45) is 1.57. The third kappa shape index (κ3) is 6.86. The van der Waals surface area contributed by atoms with E-state index in [9.17, 15) is 13.2 Å². The maximum absolute atomic E-state index is 12.8. The molecular formula is C27H31N3O6S2. The van der Waals surface area contributed by atoms with E-state index in [2.05, 4.69) is 27.4 Å². The molecule has 0 radical (unpaired) electrons. The van der Waals surface area contributed by atoms with Crippen molar-refractivity contribution in [2.75, 3.05) is 40.0 Å². The summed E-state index contributed by atoms with van der Waals surface area (Å²) in [6, 6.07) is 13.6. The number of ketones is 1. The SMILES string of the molecule is COc1ccc(C(=O)c2cc3cc(C)n(CCN4CCOCC4)c3s2)cn1.Cc1ccc(S(=O)(=O)O)cc1. The predicted octanol–water partition coefficient (Wildman–Crippen LogP) is 4.22. The van der Waals surface area contributed by atoms with Crippen LogP contribution in [0.3, 0.4) is 0 Å². The summed E-state index contributed by atoms with van der Waals surface area (Å²) in [5.41, 5.74) is 2.77. The number of pyridine rings is 1. The number of rotatable bonds is 7. The van der Waals surface area contributed by atoms with Gasteiger partial charge >= 0.3 is 0 Å². The second-order valence-electron chi connectivity index (χ2n) is 8.97. The van der Waals surface area contributed by atoms with Crippen molar-refractivity contribution in [2.24, 2.45) is 0 Å². The second-order valence-corrected chi connectivity index (χ2v) is 11.4. The molecule has 202 valence electrons. The highest BCUT2D eigenvalue weighted by Gasteiger charge is 2.18. The molecule has 1 N–H and O–H groups in total. The third-order valence-corrected chi connectivity index (χ3v) is 8.31. The summed E-state index contributed by atoms with van der Waals surface area (Å²) in [4.78, 5) is 21.2. The van der Waals surface area contributed by atoms with E-state index in [-0.39, 0.29) is 10.7 Å². The Kier molecular flexibility index (Phi) is 8.95. The van der Waals surface area contributed by atoms with Gasteiger partial charge in [-0.15, -0.1) is 11.3 Å². The first-order chi connectivity index (χ1) is 18.2. The van der Waals surface area contributed by atoms with Crippen LogP contribution in [0.25, 0.3) is 10.2 Å². The molecule has 0 aliphatic carbocycles. The number of nitrogens with zero attached hydrogens (tertiary/aromatic N) is 3. The van der Waals surface area contributed by atoms with Crippen LogP contribution in [0.1, 0.15) is 26.5 Å². The summed E-state index contributed by atoms with van der Waals surface area (Å²) < 4.78 is 42.4. The quantitative estimate of drug-likeness (QED) is 0.266. The van der Waals surface area contributed by atoms with Crippen molar-refractivity contribution >= 4 is 37.5 Å². The number of aryl methyl sites for hydroxylation is 2. The fourth-order valence-electron chi connectivity index (χ4n) is 4.12. The minimum Gasteiger partial charge on any atom is -0.481 e. The number of hydrogen-bond donors (Lipinski definition) is 1. The highest BCUT2D eigenvalue weighted by atomic mass is 32.2. The first-order valence-electron chi connectivity index (χ1n) is 12.1. The fourth-order valence-corrected chi connectivity index (χ4v) is 5.78. The van der Waals surface area contributed by atoms with Crippen molar-refractivity contribution < 1.29 is 27.2 Å². The number of thiophene rings is 1. The predicted molar refractivity (Wildman–Crippen MR) is 147 cm³/mol. The molecule has 38 heavy (non-hydrogen) atoms. The molecule has 11 heteroatoms. The standard InChI is InChI=1S/C20H23N3O3S.C7H8O3S/c1-14-11-16-12-17(19(24)15-3-4-18(25-2)21-13-15)27-20(16)23(14)6-5-22-7-9-26-10-8-22;1-6-2-4-7(5-3-6)11(8,9)10/h3-4,11-13H,5-10H2,1-2H3;2-5H,1H3,(H,8,9,10). The lowest BCUT2D eigenvalue weighted by molar-refractivity contribution is 0.0365. The summed E-state index contributed by atoms with van der Waals surface area (Å²) in [7, 11) is -2.46. The van der Waals surface area contributed by atoms with E-state index in [1.807, 2.05) is 13.0 Å². The van der Waals surface area contributed by atoms with Crippen LogP contribution in [0.4, 0.5) is 0 Å². The molecule has 1 aromatic carbocycles. The van der Waals surface area contributed by atoms with Crippen molar-refractivity contribution in [3.05, 3.63) is 76.4 Å². The summed E-state index contributed by atoms with van der Waals surface area (Å²) in [6.45, 7) is 9.49. The average molecular weight is 558 g/mol. The molecule has 0 spiro atoms. The molecule has 4 heterocycles. The molecule has 4 aromatic rings. The molecule has 0 amide bonds. The smallest absolute Gasteiger partial charge is 0.294 e. The molecule has 9 nitrogen and oxygen atoms in total. The number of benzene rings is 1. The van der Waals surface area contributed by atoms with Gasteiger partial charge in [-0.1, -0.05) is 17.7 Å². The molecule has 0 unspecified atom stereocenters. The van der Waals surface area contributed by atoms with Crippen molar-refractivity contribution in [1.82, 2.24) is 14.5 Å². The van der Waals surface area contributed by atoms with Gasteiger partial charge in [-0.3, -0.25) is 14.2 Å². The molecule has 0 saturated carbocycles. The Balaban J connectivity index is 0.000000257. The lowest BCUT2D eigenvalue weighted by atomic mass is 10.1. The maximum Gasteiger partial charge on any atom is 0.294 e. The van der Waals surface area contributed by atoms with Gasteiger partial charge in [0.15, 0.2) is 0 Å². The van der Waals surface area contributed by atoms with Crippen LogP contribution in [0.15, 0.2) is 59.6 Å². The Bertz CT molecular complexity index is 1490. The number of ether oxygens (including phenoxy) is 2. The Labute approximate surface area is 226 Å². The van der Waals surface area contributed by atoms with Gasteiger partial charge in [-0.05, 0) is 44.2 Å². The molecule has 0 atom stereocenters. The van der Waals surface area contributed by atoms with Gasteiger partial charge in [0.05, 0.1) is 30.1 Å². The molecule has 1 saturated heterocycles. The zero-order chi connectivity index (χ0) is 27.3. The normalized spacial score (nSPS) is 14.2. The van der Waals surface area contributed by atoms with Crippen LogP contribution < -0.4 is 4.74 Å². The minimum atomic E-state index is -4.02. The number of morpholine rings is 1. The van der Waals surface area contributed by atoms with Gasteiger partial charge in [-0.25, -0.2) is 4.98 Å². The monoisotopic (exact) mass is 557 g/mol. The van der Waals surface area contributed by atoms with E-state index in [0.717, 1.165) is 60.1 Å². The maximum atomic E-state index is 12.8. The van der Waals surface area contributed by atoms with Gasteiger partial charge in [0.25, 0.3) is 10.1 Å². The number of hydrogen-bond acceptors (Lipinski definition) is 8. The van der Waals surface area contributed by atoms with Crippen LogP contribution in [-0.2, 0) is 21.4 Å². The van der Waals surface area contributed by atoms with Crippen LogP contribution in [0.2, 0.25) is 0 Å². The van der Waals surface area contributed by atoms with Crippen LogP contribution in [-0.4, -0.2) is 73.2 Å². The average Bonchev–Trinajstić information content (AvgIpc) is 3.45. The molecular weight excluding hydrogens is 526 g/mol. The van der Waals surface area contributed by atoms with E-state index in [1.165, 1.54) is 17.8 Å². The number of aromatic nitrogens is 2. The van der Waals surface area contributed by atoms with Crippen molar-refractivity contribution in [3.8, 4) is 5.88 Å². The molecule has 3 aromatic heterocycles. The largest absolute Gasteiger partial charge is 0.481 e. The number of methoxy groups -OCH3 is 1. The molecule has 1 aliphatic heterocycles. The molecule has 5 rings (SSSR count). The third-order valence-electron chi connectivity index (χ3n) is 6.27. The zero-order valence-electron chi connectivity index (χ0n) is 21.6. The molecule has 0 bridgehead atoms. The van der Waals surface area contributed by atoms with Crippen LogP contribution >= 0.6 is 11.3 Å². The Hall–Kier alpha value is -3.09. The van der Waals surface area contributed by atoms with Gasteiger partial charge < -0.3 is 14.0 Å². The highest BCUT2D eigenvalue weighted by molar-refractivity contribution is 7.85. The molecule has 1 aliphatic rings. The first kappa shape index (κ1) is 27.9. The number of fused-ring (bicyclic) bond motifs is 1. The minimum absolute atomic E-state index is 0.00346. The lowest BCUT2D eigenvalue weighted by Crippen LogP contribution is -2.38. The van der Waals surface area contributed by atoms with Gasteiger partial charge in [0, 0.05) is 55.1 Å². The highest BCUT2D eigenvalue weighted by Crippen LogP contribution is 2.30. The Morgan fingerprint density at radius 1 is 1.08 bits per heavy atom. The lowest BCUT2D eigenvalue weighted by Gasteiger charge is -2.26. The Morgan fingerprint density at radius 2 is 1.79 bits per heavy atom. The number of carbonyl (C=O) groups is 1. The van der Waals surface area contributed by atoms with E-state index >= 15 is 0 Å². The van der Waals surface area contributed by atoms with E-state index in [1.54, 1.807) is 48.9 Å². The summed E-state index contributed by atoms with van der Waals surface area (Å²) in [5, 5.41) is 1.13. The van der Waals surface area contributed by atoms with Crippen LogP contribution in [0, 0.1) is 13.8 Å². The summed E-state index contributed by atoms with van der Waals surface area (Å²) in [5.74, 6) is 0.511. The van der Waals surface area contributed by atoms with Crippen molar-refractivity contribution in [3.63, 3.8) is 0 Å². The van der Waals surface area contributed by atoms with Crippen LogP contribution in [0.5, 0.6) is 5.88 Å². The van der Waals surface area contributed by atoms with E-state index < -0.39 is 10.1 Å². The fraction of sp³-hybridized carbons (Fsp3) is 0.333.